The van der Waals surface area contributed by atoms with Gasteiger partial charge in [-0.2, -0.15) is 0 Å². The highest BCUT2D eigenvalue weighted by Gasteiger charge is 2.17. The van der Waals surface area contributed by atoms with Crippen LogP contribution in [-0.4, -0.2) is 15.1 Å². The number of nitrogens with one attached hydrogen (secondary N) is 1. The fourth-order valence-electron chi connectivity index (χ4n) is 2.37. The first-order chi connectivity index (χ1) is 7.88. The van der Waals surface area contributed by atoms with Crippen molar-refractivity contribution in [1.82, 2.24) is 9.97 Å². The molecule has 0 atom stereocenters. The highest BCUT2D eigenvalue weighted by Crippen LogP contribution is 2.30. The maximum Gasteiger partial charge on any atom is 0.132 e. The number of aliphatic hydroxyl groups is 1. The monoisotopic (exact) mass is 214 g/mol. The molecule has 0 amide bonds. The van der Waals surface area contributed by atoms with Crippen molar-refractivity contribution >= 4 is 0 Å². The number of fused-ring (bicyclic) bond motifs is 3. The van der Waals surface area contributed by atoms with Gasteiger partial charge in [0.15, 0.2) is 0 Å². The standard InChI is InChI=1S/C13H14N2O/c16-8-12-14-11-7-3-5-9-4-1-2-6-10(9)13(11)15-12/h1-2,4,6,16H,3,5,7-8H2,(H,14,15). The highest BCUT2D eigenvalue weighted by atomic mass is 16.3. The maximum absolute atomic E-state index is 9.11. The smallest absolute Gasteiger partial charge is 0.132 e. The second-order valence-corrected chi connectivity index (χ2v) is 4.18. The fourth-order valence-corrected chi connectivity index (χ4v) is 2.37. The van der Waals surface area contributed by atoms with Crippen LogP contribution in [0.15, 0.2) is 24.3 Å². The van der Waals surface area contributed by atoms with Crippen molar-refractivity contribution in [3.05, 3.63) is 41.3 Å². The average molecular weight is 214 g/mol. The van der Waals surface area contributed by atoms with E-state index >= 15 is 0 Å². The molecule has 0 fully saturated rings. The summed E-state index contributed by atoms with van der Waals surface area (Å²) in [6, 6.07) is 8.39. The quantitative estimate of drug-likeness (QED) is 0.763. The third kappa shape index (κ3) is 1.44. The molecular weight excluding hydrogens is 200 g/mol. The fraction of sp³-hybridized carbons (Fsp3) is 0.308. The van der Waals surface area contributed by atoms with Gasteiger partial charge in [0.05, 0.1) is 5.69 Å². The van der Waals surface area contributed by atoms with Crippen LogP contribution in [0.3, 0.4) is 0 Å². The van der Waals surface area contributed by atoms with Crippen LogP contribution in [-0.2, 0) is 19.4 Å². The molecular formula is C13H14N2O. The summed E-state index contributed by atoms with van der Waals surface area (Å²) in [4.78, 5) is 7.67. The van der Waals surface area contributed by atoms with Crippen LogP contribution >= 0.6 is 0 Å². The molecule has 82 valence electrons. The molecule has 1 aromatic carbocycles. The van der Waals surface area contributed by atoms with Crippen LogP contribution in [0, 0.1) is 0 Å². The minimum atomic E-state index is -0.0187. The number of aromatic nitrogens is 2. The molecule has 0 unspecified atom stereocenters. The zero-order valence-corrected chi connectivity index (χ0v) is 9.03. The van der Waals surface area contributed by atoms with Crippen molar-refractivity contribution < 1.29 is 5.11 Å². The summed E-state index contributed by atoms with van der Waals surface area (Å²) >= 11 is 0. The molecule has 0 aliphatic heterocycles. The highest BCUT2D eigenvalue weighted by molar-refractivity contribution is 5.67. The van der Waals surface area contributed by atoms with Crippen molar-refractivity contribution in [1.29, 1.82) is 0 Å². The van der Waals surface area contributed by atoms with Gasteiger partial charge in [-0.3, -0.25) is 0 Å². The molecule has 3 rings (SSSR count). The molecule has 0 radical (unpaired) electrons. The maximum atomic E-state index is 9.11. The van der Waals surface area contributed by atoms with Crippen molar-refractivity contribution in [2.45, 2.75) is 25.9 Å². The first-order valence-electron chi connectivity index (χ1n) is 5.65. The van der Waals surface area contributed by atoms with Gasteiger partial charge in [0, 0.05) is 11.3 Å². The number of aryl methyl sites for hydroxylation is 2. The summed E-state index contributed by atoms with van der Waals surface area (Å²) in [5, 5.41) is 9.11. The van der Waals surface area contributed by atoms with E-state index in [9.17, 15) is 0 Å². The van der Waals surface area contributed by atoms with Gasteiger partial charge in [-0.15, -0.1) is 0 Å². The number of hydrogen-bond acceptors (Lipinski definition) is 2. The number of aromatic amines is 1. The Morgan fingerprint density at radius 3 is 3.00 bits per heavy atom. The van der Waals surface area contributed by atoms with Crippen LogP contribution < -0.4 is 0 Å². The van der Waals surface area contributed by atoms with Gasteiger partial charge < -0.3 is 10.1 Å². The largest absolute Gasteiger partial charge is 0.388 e. The molecule has 0 bridgehead atoms. The first kappa shape index (κ1) is 9.60. The van der Waals surface area contributed by atoms with E-state index in [-0.39, 0.29) is 6.61 Å². The lowest BCUT2D eigenvalue weighted by molar-refractivity contribution is 0.272. The van der Waals surface area contributed by atoms with Gasteiger partial charge in [0.2, 0.25) is 0 Å². The van der Waals surface area contributed by atoms with Crippen molar-refractivity contribution in [2.24, 2.45) is 0 Å². The van der Waals surface area contributed by atoms with Crippen molar-refractivity contribution in [3.8, 4) is 11.3 Å². The first-order valence-corrected chi connectivity index (χ1v) is 5.65. The SMILES string of the molecule is OCc1nc2c([nH]1)CCCc1ccccc1-2. The summed E-state index contributed by atoms with van der Waals surface area (Å²) in [6.45, 7) is -0.0187. The van der Waals surface area contributed by atoms with E-state index < -0.39 is 0 Å². The second-order valence-electron chi connectivity index (χ2n) is 4.18. The van der Waals surface area contributed by atoms with E-state index in [0.717, 1.165) is 30.7 Å². The van der Waals surface area contributed by atoms with Crippen LogP contribution in [0.4, 0.5) is 0 Å². The summed E-state index contributed by atoms with van der Waals surface area (Å²) in [5.41, 5.74) is 4.76. The Morgan fingerprint density at radius 2 is 2.12 bits per heavy atom. The zero-order valence-electron chi connectivity index (χ0n) is 9.03. The van der Waals surface area contributed by atoms with Gasteiger partial charge in [0.1, 0.15) is 12.4 Å². The Balaban J connectivity index is 2.20. The van der Waals surface area contributed by atoms with E-state index in [0.29, 0.717) is 5.82 Å². The van der Waals surface area contributed by atoms with Gasteiger partial charge in [-0.05, 0) is 24.8 Å². The molecule has 2 aromatic rings. The van der Waals surface area contributed by atoms with Gasteiger partial charge in [-0.1, -0.05) is 24.3 Å². The molecule has 1 aromatic heterocycles. The Hall–Kier alpha value is -1.61. The molecule has 0 spiro atoms. The van der Waals surface area contributed by atoms with Crippen molar-refractivity contribution in [3.63, 3.8) is 0 Å². The van der Waals surface area contributed by atoms with E-state index in [1.807, 2.05) is 6.07 Å². The molecule has 1 aliphatic carbocycles. The number of benzene rings is 1. The summed E-state index contributed by atoms with van der Waals surface area (Å²) in [7, 11) is 0. The van der Waals surface area contributed by atoms with Crippen LogP contribution in [0.25, 0.3) is 11.3 Å². The normalized spacial score (nSPS) is 14.1. The number of rotatable bonds is 1. The Labute approximate surface area is 94.2 Å². The number of aliphatic hydroxyl groups excluding tert-OH is 1. The van der Waals surface area contributed by atoms with E-state index in [4.69, 9.17) is 5.11 Å². The Bertz CT molecular complexity index is 516. The number of H-pyrrole nitrogens is 1. The van der Waals surface area contributed by atoms with Crippen LogP contribution in [0.5, 0.6) is 0 Å². The molecule has 1 aliphatic rings. The topological polar surface area (TPSA) is 48.9 Å². The molecule has 3 nitrogen and oxygen atoms in total. The average Bonchev–Trinajstić information content (AvgIpc) is 2.66. The van der Waals surface area contributed by atoms with Crippen LogP contribution in [0.1, 0.15) is 23.5 Å². The number of nitrogens with zero attached hydrogens (tertiary/aromatic N) is 1. The minimum absolute atomic E-state index is 0.0187. The van der Waals surface area contributed by atoms with Gasteiger partial charge >= 0.3 is 0 Å². The third-order valence-corrected chi connectivity index (χ3v) is 3.12. The summed E-state index contributed by atoms with van der Waals surface area (Å²) < 4.78 is 0. The molecule has 1 heterocycles. The molecule has 3 heteroatoms. The predicted octanol–water partition coefficient (Wildman–Crippen LogP) is 2.06. The van der Waals surface area contributed by atoms with E-state index in [2.05, 4.69) is 28.2 Å². The Kier molecular flexibility index (Phi) is 2.26. The minimum Gasteiger partial charge on any atom is -0.388 e. The van der Waals surface area contributed by atoms with Gasteiger partial charge in [-0.25, -0.2) is 4.98 Å². The third-order valence-electron chi connectivity index (χ3n) is 3.12. The second kappa shape index (κ2) is 3.76. The van der Waals surface area contributed by atoms with Gasteiger partial charge in [0.25, 0.3) is 0 Å². The number of hydrogen-bond donors (Lipinski definition) is 2. The molecule has 0 saturated carbocycles. The van der Waals surface area contributed by atoms with E-state index in [1.165, 1.54) is 11.1 Å². The van der Waals surface area contributed by atoms with Crippen molar-refractivity contribution in [2.75, 3.05) is 0 Å². The van der Waals surface area contributed by atoms with E-state index in [1.54, 1.807) is 0 Å². The number of imidazole rings is 1. The predicted molar refractivity (Wildman–Crippen MR) is 62.0 cm³/mol. The molecule has 16 heavy (non-hydrogen) atoms. The molecule has 2 N–H and O–H groups in total. The summed E-state index contributed by atoms with van der Waals surface area (Å²) in [5.74, 6) is 0.668. The zero-order chi connectivity index (χ0) is 11.0. The molecule has 0 saturated heterocycles. The van der Waals surface area contributed by atoms with Crippen LogP contribution in [0.2, 0.25) is 0 Å². The Morgan fingerprint density at radius 1 is 1.25 bits per heavy atom. The summed E-state index contributed by atoms with van der Waals surface area (Å²) in [6.07, 6.45) is 3.25. The lowest BCUT2D eigenvalue weighted by Crippen LogP contribution is -1.90. The lowest BCUT2D eigenvalue weighted by atomic mass is 10.0. The lowest BCUT2D eigenvalue weighted by Gasteiger charge is -2.03.